The van der Waals surface area contributed by atoms with Crippen molar-refractivity contribution < 1.29 is 18.3 Å². The van der Waals surface area contributed by atoms with Crippen molar-refractivity contribution in [2.24, 2.45) is 0 Å². The summed E-state index contributed by atoms with van der Waals surface area (Å²) in [7, 11) is 1.56. The lowest BCUT2D eigenvalue weighted by atomic mass is 10.0. The molecule has 0 bridgehead atoms. The van der Waals surface area contributed by atoms with Crippen molar-refractivity contribution in [3.05, 3.63) is 75.4 Å². The fourth-order valence-corrected chi connectivity index (χ4v) is 4.48. The third kappa shape index (κ3) is 4.48. The van der Waals surface area contributed by atoms with Crippen molar-refractivity contribution in [1.82, 2.24) is 4.90 Å². The standard InChI is InChI=1S/C25H26FNO4/c1-16-21-9-8-20(30-2)15-23(21)31-25(29)22(16)10-11-24(28)27-12-4-7-19(27)14-17-5-3-6-18(26)13-17/h3,5-6,8-9,13,15,19H,4,7,10-12,14H2,1-2H3. The van der Waals surface area contributed by atoms with Gasteiger partial charge in [-0.05, 0) is 68.0 Å². The van der Waals surface area contributed by atoms with Gasteiger partial charge < -0.3 is 14.1 Å². The third-order valence-electron chi connectivity index (χ3n) is 6.14. The van der Waals surface area contributed by atoms with Crippen LogP contribution in [-0.4, -0.2) is 30.5 Å². The molecule has 1 fully saturated rings. The van der Waals surface area contributed by atoms with E-state index in [-0.39, 0.29) is 24.2 Å². The monoisotopic (exact) mass is 423 g/mol. The lowest BCUT2D eigenvalue weighted by molar-refractivity contribution is -0.131. The van der Waals surface area contributed by atoms with Crippen LogP contribution in [-0.2, 0) is 17.6 Å². The molecule has 162 valence electrons. The number of ether oxygens (including phenoxy) is 1. The summed E-state index contributed by atoms with van der Waals surface area (Å²) >= 11 is 0. The molecule has 0 aliphatic carbocycles. The molecule has 1 aliphatic rings. The summed E-state index contributed by atoms with van der Waals surface area (Å²) in [5.41, 5.74) is 2.33. The van der Waals surface area contributed by atoms with E-state index in [9.17, 15) is 14.0 Å². The number of amides is 1. The van der Waals surface area contributed by atoms with E-state index in [4.69, 9.17) is 9.15 Å². The van der Waals surface area contributed by atoms with Gasteiger partial charge in [0.15, 0.2) is 0 Å². The molecule has 2 aromatic carbocycles. The van der Waals surface area contributed by atoms with E-state index in [0.717, 1.165) is 29.4 Å². The number of benzene rings is 2. The first-order chi connectivity index (χ1) is 15.0. The van der Waals surface area contributed by atoms with Crippen LogP contribution < -0.4 is 10.4 Å². The molecule has 0 radical (unpaired) electrons. The predicted octanol–water partition coefficient (Wildman–Crippen LogP) is 4.42. The molecule has 0 spiro atoms. The van der Waals surface area contributed by atoms with Crippen molar-refractivity contribution in [3.8, 4) is 5.75 Å². The zero-order valence-electron chi connectivity index (χ0n) is 17.8. The number of halogens is 1. The third-order valence-corrected chi connectivity index (χ3v) is 6.14. The van der Waals surface area contributed by atoms with E-state index >= 15 is 0 Å². The maximum Gasteiger partial charge on any atom is 0.339 e. The fraction of sp³-hybridized carbons (Fsp3) is 0.360. The average molecular weight is 423 g/mol. The Morgan fingerprint density at radius 3 is 2.87 bits per heavy atom. The second-order valence-corrected chi connectivity index (χ2v) is 8.07. The maximum atomic E-state index is 13.5. The molecule has 1 atom stereocenters. The number of hydrogen-bond donors (Lipinski definition) is 0. The molecule has 2 heterocycles. The van der Waals surface area contributed by atoms with Gasteiger partial charge in [0.1, 0.15) is 17.1 Å². The highest BCUT2D eigenvalue weighted by molar-refractivity contribution is 5.83. The molecule has 1 amide bonds. The summed E-state index contributed by atoms with van der Waals surface area (Å²) in [5, 5.41) is 0.841. The zero-order valence-corrected chi connectivity index (χ0v) is 17.8. The number of likely N-dealkylation sites (tertiary alicyclic amines) is 1. The lowest BCUT2D eigenvalue weighted by Gasteiger charge is -2.25. The molecular weight excluding hydrogens is 397 g/mol. The molecule has 4 rings (SSSR count). The van der Waals surface area contributed by atoms with Gasteiger partial charge in [0, 0.05) is 36.0 Å². The highest BCUT2D eigenvalue weighted by Crippen LogP contribution is 2.26. The highest BCUT2D eigenvalue weighted by atomic mass is 19.1. The van der Waals surface area contributed by atoms with E-state index in [1.807, 2.05) is 30.0 Å². The summed E-state index contributed by atoms with van der Waals surface area (Å²) in [6.07, 6.45) is 3.06. The Hall–Kier alpha value is -3.15. The van der Waals surface area contributed by atoms with E-state index in [0.29, 0.717) is 36.3 Å². The molecular formula is C25H26FNO4. The molecule has 5 nitrogen and oxygen atoms in total. The van der Waals surface area contributed by atoms with Gasteiger partial charge in [0.05, 0.1) is 7.11 Å². The number of aryl methyl sites for hydroxylation is 1. The molecule has 31 heavy (non-hydrogen) atoms. The van der Waals surface area contributed by atoms with Crippen LogP contribution in [0.1, 0.15) is 36.0 Å². The van der Waals surface area contributed by atoms with E-state index in [1.165, 1.54) is 12.1 Å². The number of hydrogen-bond acceptors (Lipinski definition) is 4. The van der Waals surface area contributed by atoms with Gasteiger partial charge in [-0.3, -0.25) is 4.79 Å². The summed E-state index contributed by atoms with van der Waals surface area (Å²) in [4.78, 5) is 27.4. The zero-order chi connectivity index (χ0) is 22.0. The minimum Gasteiger partial charge on any atom is -0.497 e. The minimum atomic E-state index is -0.413. The Bertz CT molecular complexity index is 1170. The van der Waals surface area contributed by atoms with Gasteiger partial charge in [-0.15, -0.1) is 0 Å². The Morgan fingerprint density at radius 1 is 1.26 bits per heavy atom. The SMILES string of the molecule is COc1ccc2c(C)c(CCC(=O)N3CCCC3Cc3cccc(F)c3)c(=O)oc2c1. The van der Waals surface area contributed by atoms with Gasteiger partial charge in [0.25, 0.3) is 0 Å². The van der Waals surface area contributed by atoms with Gasteiger partial charge in [0.2, 0.25) is 5.91 Å². The Morgan fingerprint density at radius 2 is 2.10 bits per heavy atom. The second kappa shape index (κ2) is 8.92. The fourth-order valence-electron chi connectivity index (χ4n) is 4.48. The molecule has 6 heteroatoms. The van der Waals surface area contributed by atoms with Crippen LogP contribution in [0.15, 0.2) is 51.7 Å². The quantitative estimate of drug-likeness (QED) is 0.551. The summed E-state index contributed by atoms with van der Waals surface area (Å²) in [5.74, 6) is 0.383. The first-order valence-electron chi connectivity index (χ1n) is 10.6. The minimum absolute atomic E-state index is 0.0209. The number of carbonyl (C=O) groups is 1. The predicted molar refractivity (Wildman–Crippen MR) is 117 cm³/mol. The Balaban J connectivity index is 1.47. The van der Waals surface area contributed by atoms with Crippen LogP contribution in [0.2, 0.25) is 0 Å². The van der Waals surface area contributed by atoms with Crippen molar-refractivity contribution in [2.75, 3.05) is 13.7 Å². The van der Waals surface area contributed by atoms with Gasteiger partial charge in [-0.2, -0.15) is 0 Å². The van der Waals surface area contributed by atoms with E-state index in [2.05, 4.69) is 0 Å². The highest BCUT2D eigenvalue weighted by Gasteiger charge is 2.29. The van der Waals surface area contributed by atoms with Crippen molar-refractivity contribution in [2.45, 2.75) is 45.1 Å². The normalized spacial score (nSPS) is 16.1. The number of fused-ring (bicyclic) bond motifs is 1. The van der Waals surface area contributed by atoms with Crippen LogP contribution in [0, 0.1) is 12.7 Å². The topological polar surface area (TPSA) is 59.8 Å². The molecule has 3 aromatic rings. The summed E-state index contributed by atoms with van der Waals surface area (Å²) < 4.78 is 24.2. The van der Waals surface area contributed by atoms with E-state index in [1.54, 1.807) is 19.2 Å². The van der Waals surface area contributed by atoms with Crippen LogP contribution in [0.4, 0.5) is 4.39 Å². The number of methoxy groups -OCH3 is 1. The van der Waals surface area contributed by atoms with Crippen LogP contribution in [0.3, 0.4) is 0 Å². The van der Waals surface area contributed by atoms with E-state index < -0.39 is 5.63 Å². The second-order valence-electron chi connectivity index (χ2n) is 8.07. The molecule has 0 saturated carbocycles. The maximum absolute atomic E-state index is 13.5. The largest absolute Gasteiger partial charge is 0.497 e. The first-order valence-corrected chi connectivity index (χ1v) is 10.6. The molecule has 0 N–H and O–H groups in total. The molecule has 1 aromatic heterocycles. The number of nitrogens with zero attached hydrogens (tertiary/aromatic N) is 1. The van der Waals surface area contributed by atoms with Gasteiger partial charge >= 0.3 is 5.63 Å². The number of carbonyl (C=O) groups excluding carboxylic acids is 1. The van der Waals surface area contributed by atoms with Crippen LogP contribution >= 0.6 is 0 Å². The van der Waals surface area contributed by atoms with Crippen molar-refractivity contribution >= 4 is 16.9 Å². The van der Waals surface area contributed by atoms with Crippen LogP contribution in [0.25, 0.3) is 11.0 Å². The average Bonchev–Trinajstić information content (AvgIpc) is 3.21. The molecule has 1 aliphatic heterocycles. The van der Waals surface area contributed by atoms with Gasteiger partial charge in [-0.1, -0.05) is 12.1 Å². The molecule has 1 saturated heterocycles. The summed E-state index contributed by atoms with van der Waals surface area (Å²) in [6, 6.07) is 12.0. The number of rotatable bonds is 6. The summed E-state index contributed by atoms with van der Waals surface area (Å²) in [6.45, 7) is 2.58. The lowest BCUT2D eigenvalue weighted by Crippen LogP contribution is -2.37. The Kier molecular flexibility index (Phi) is 6.07. The van der Waals surface area contributed by atoms with Gasteiger partial charge in [-0.25, -0.2) is 9.18 Å². The smallest absolute Gasteiger partial charge is 0.339 e. The van der Waals surface area contributed by atoms with Crippen molar-refractivity contribution in [3.63, 3.8) is 0 Å². The molecule has 1 unspecified atom stereocenters. The van der Waals surface area contributed by atoms with Crippen LogP contribution in [0.5, 0.6) is 5.75 Å². The first kappa shape index (κ1) is 21.1. The Labute approximate surface area is 180 Å². The van der Waals surface area contributed by atoms with Crippen molar-refractivity contribution in [1.29, 1.82) is 0 Å².